The average Bonchev–Trinajstić information content (AvgIpc) is 2.10. The highest BCUT2D eigenvalue weighted by Gasteiger charge is 2.03. The first-order valence-corrected chi connectivity index (χ1v) is 4.92. The predicted molar refractivity (Wildman–Crippen MR) is 58.7 cm³/mol. The zero-order valence-corrected chi connectivity index (χ0v) is 9.33. The number of thiocarbonyl (C=S) groups is 1. The topological polar surface area (TPSA) is 41.1 Å². The van der Waals surface area contributed by atoms with Crippen LogP contribution in [-0.4, -0.2) is 24.5 Å². The zero-order valence-electron chi connectivity index (χ0n) is 8.52. The minimum absolute atomic E-state index is 0.253. The number of Topliss-reactive ketones (excluding diaryl/α,β-unsaturated/α-hetero) is 1. The Labute approximate surface area is 85.3 Å². The highest BCUT2D eigenvalue weighted by molar-refractivity contribution is 7.80. The molecule has 1 unspecified atom stereocenters. The summed E-state index contributed by atoms with van der Waals surface area (Å²) in [7, 11) is 1.79. The molecule has 3 nitrogen and oxygen atoms in total. The van der Waals surface area contributed by atoms with Crippen LogP contribution in [0.15, 0.2) is 0 Å². The predicted octanol–water partition coefficient (Wildman–Crippen LogP) is 1.09. The Morgan fingerprint density at radius 3 is 2.62 bits per heavy atom. The van der Waals surface area contributed by atoms with Crippen LogP contribution in [-0.2, 0) is 4.79 Å². The number of rotatable bonds is 5. The maximum Gasteiger partial charge on any atom is 0.166 e. The number of carbonyl (C=O) groups excluding carboxylic acids is 1. The molecule has 0 saturated heterocycles. The summed E-state index contributed by atoms with van der Waals surface area (Å²) in [5.74, 6) is 0.734. The highest BCUT2D eigenvalue weighted by Crippen LogP contribution is 2.03. The summed E-state index contributed by atoms with van der Waals surface area (Å²) in [5.41, 5.74) is 0. The molecule has 0 aliphatic heterocycles. The van der Waals surface area contributed by atoms with E-state index in [4.69, 9.17) is 12.2 Å². The van der Waals surface area contributed by atoms with Gasteiger partial charge < -0.3 is 15.4 Å². The van der Waals surface area contributed by atoms with Crippen molar-refractivity contribution in [2.45, 2.75) is 26.7 Å². The lowest BCUT2D eigenvalue weighted by molar-refractivity contribution is -0.117. The van der Waals surface area contributed by atoms with Crippen LogP contribution in [0.4, 0.5) is 0 Å². The number of nitrogens with one attached hydrogen (secondary N) is 2. The molecule has 0 fully saturated rings. The van der Waals surface area contributed by atoms with E-state index in [1.807, 2.05) is 0 Å². The summed E-state index contributed by atoms with van der Waals surface area (Å²) in [6, 6.07) is 0. The van der Waals surface area contributed by atoms with E-state index in [-0.39, 0.29) is 5.78 Å². The molecular weight excluding hydrogens is 184 g/mol. The van der Waals surface area contributed by atoms with Crippen molar-refractivity contribution in [2.75, 3.05) is 13.6 Å². The summed E-state index contributed by atoms with van der Waals surface area (Å²) in [6.07, 6.45) is 1.59. The molecule has 0 aliphatic rings. The maximum absolute atomic E-state index is 10.7. The third-order valence-electron chi connectivity index (χ3n) is 1.83. The number of ketones is 1. The van der Waals surface area contributed by atoms with Gasteiger partial charge in [0.05, 0.1) is 0 Å². The number of hydrogen-bond donors (Lipinski definition) is 2. The van der Waals surface area contributed by atoms with Gasteiger partial charge in [0.25, 0.3) is 0 Å². The lowest BCUT2D eigenvalue weighted by Crippen LogP contribution is -2.35. The highest BCUT2D eigenvalue weighted by atomic mass is 32.1. The second-order valence-electron chi connectivity index (χ2n) is 3.31. The van der Waals surface area contributed by atoms with Crippen molar-refractivity contribution < 1.29 is 4.79 Å². The second-order valence-corrected chi connectivity index (χ2v) is 3.71. The Kier molecular flexibility index (Phi) is 6.49. The van der Waals surface area contributed by atoms with Gasteiger partial charge in [-0.3, -0.25) is 0 Å². The fraction of sp³-hybridized carbons (Fsp3) is 0.778. The summed E-state index contributed by atoms with van der Waals surface area (Å²) in [5, 5.41) is 6.57. The van der Waals surface area contributed by atoms with Gasteiger partial charge in [-0.15, -0.1) is 0 Å². The van der Waals surface area contributed by atoms with Gasteiger partial charge in [0.2, 0.25) is 0 Å². The van der Waals surface area contributed by atoms with Gasteiger partial charge in [-0.1, -0.05) is 6.92 Å². The van der Waals surface area contributed by atoms with Gasteiger partial charge in [-0.25, -0.2) is 0 Å². The van der Waals surface area contributed by atoms with Crippen molar-refractivity contribution in [3.05, 3.63) is 0 Å². The van der Waals surface area contributed by atoms with Crippen LogP contribution in [0.2, 0.25) is 0 Å². The van der Waals surface area contributed by atoms with E-state index in [2.05, 4.69) is 17.6 Å². The van der Waals surface area contributed by atoms with Crippen LogP contribution < -0.4 is 10.6 Å². The third-order valence-corrected chi connectivity index (χ3v) is 2.18. The molecule has 1 atom stereocenters. The fourth-order valence-electron chi connectivity index (χ4n) is 0.907. The normalized spacial score (nSPS) is 11.9. The maximum atomic E-state index is 10.7. The Bertz CT molecular complexity index is 182. The van der Waals surface area contributed by atoms with Gasteiger partial charge >= 0.3 is 0 Å². The first kappa shape index (κ1) is 12.4. The molecule has 0 heterocycles. The van der Waals surface area contributed by atoms with Crippen LogP contribution in [0.25, 0.3) is 0 Å². The minimum atomic E-state index is 0.253. The lowest BCUT2D eigenvalue weighted by Gasteiger charge is -2.12. The molecule has 0 amide bonds. The fourth-order valence-corrected chi connectivity index (χ4v) is 0.990. The standard InChI is InChI=1S/C9H18N2OS/c1-7(4-5-8(2)12)6-11-9(13)10-3/h7H,4-6H2,1-3H3,(H2,10,11,13). The van der Waals surface area contributed by atoms with E-state index in [9.17, 15) is 4.79 Å². The Balaban J connectivity index is 3.45. The smallest absolute Gasteiger partial charge is 0.166 e. The molecule has 0 aliphatic carbocycles. The van der Waals surface area contributed by atoms with E-state index in [0.717, 1.165) is 13.0 Å². The zero-order chi connectivity index (χ0) is 10.3. The first-order chi connectivity index (χ1) is 6.06. The molecule has 76 valence electrons. The molecule has 0 spiro atoms. The molecule has 2 N–H and O–H groups in total. The summed E-state index contributed by atoms with van der Waals surface area (Å²) < 4.78 is 0. The molecule has 0 radical (unpaired) electrons. The third kappa shape index (κ3) is 7.71. The summed E-state index contributed by atoms with van der Waals surface area (Å²) in [4.78, 5) is 10.7. The van der Waals surface area contributed by atoms with Gasteiger partial charge in [-0.2, -0.15) is 0 Å². The van der Waals surface area contributed by atoms with Gasteiger partial charge in [0.15, 0.2) is 5.11 Å². The molecule has 4 heteroatoms. The van der Waals surface area contributed by atoms with Crippen LogP contribution in [0.1, 0.15) is 26.7 Å². The van der Waals surface area contributed by atoms with Crippen molar-refractivity contribution in [2.24, 2.45) is 5.92 Å². The minimum Gasteiger partial charge on any atom is -0.366 e. The van der Waals surface area contributed by atoms with E-state index in [1.54, 1.807) is 14.0 Å². The summed E-state index contributed by atoms with van der Waals surface area (Å²) in [6.45, 7) is 4.56. The molecule has 0 saturated carbocycles. The second kappa shape index (κ2) is 6.83. The summed E-state index contributed by atoms with van der Waals surface area (Å²) >= 11 is 4.92. The van der Waals surface area contributed by atoms with Crippen molar-refractivity contribution in [3.63, 3.8) is 0 Å². The molecule has 0 aromatic carbocycles. The molecule has 0 aromatic rings. The van der Waals surface area contributed by atoms with Crippen LogP contribution in [0.5, 0.6) is 0 Å². The van der Waals surface area contributed by atoms with Crippen LogP contribution in [0, 0.1) is 5.92 Å². The number of carbonyl (C=O) groups is 1. The van der Waals surface area contributed by atoms with Crippen molar-refractivity contribution in [1.29, 1.82) is 0 Å². The molecule has 0 bridgehead atoms. The van der Waals surface area contributed by atoms with E-state index >= 15 is 0 Å². The molecule has 0 rings (SSSR count). The molecule has 0 aromatic heterocycles. The first-order valence-electron chi connectivity index (χ1n) is 4.51. The van der Waals surface area contributed by atoms with Crippen molar-refractivity contribution in [3.8, 4) is 0 Å². The van der Waals surface area contributed by atoms with E-state index < -0.39 is 0 Å². The number of hydrogen-bond acceptors (Lipinski definition) is 2. The van der Waals surface area contributed by atoms with Gasteiger partial charge in [0.1, 0.15) is 5.78 Å². The average molecular weight is 202 g/mol. The quantitative estimate of drug-likeness (QED) is 0.655. The Morgan fingerprint density at radius 2 is 2.15 bits per heavy atom. The van der Waals surface area contributed by atoms with Gasteiger partial charge in [-0.05, 0) is 31.5 Å². The molecular formula is C9H18N2OS. The van der Waals surface area contributed by atoms with Crippen molar-refractivity contribution >= 4 is 23.1 Å². The Morgan fingerprint density at radius 1 is 1.54 bits per heavy atom. The van der Waals surface area contributed by atoms with Crippen molar-refractivity contribution in [1.82, 2.24) is 10.6 Å². The SMILES string of the molecule is CNC(=S)NCC(C)CCC(C)=O. The van der Waals surface area contributed by atoms with Gasteiger partial charge in [0, 0.05) is 20.0 Å². The largest absolute Gasteiger partial charge is 0.366 e. The monoisotopic (exact) mass is 202 g/mol. The van der Waals surface area contributed by atoms with E-state index in [1.165, 1.54) is 0 Å². The van der Waals surface area contributed by atoms with Crippen LogP contribution in [0.3, 0.4) is 0 Å². The van der Waals surface area contributed by atoms with E-state index in [0.29, 0.717) is 17.5 Å². The lowest BCUT2D eigenvalue weighted by atomic mass is 10.0. The Hall–Kier alpha value is -0.640. The molecule has 13 heavy (non-hydrogen) atoms. The van der Waals surface area contributed by atoms with Crippen LogP contribution >= 0.6 is 12.2 Å².